The number of anilines is 1. The summed E-state index contributed by atoms with van der Waals surface area (Å²) in [5.74, 6) is -0.505. The maximum atomic E-state index is 12.7. The predicted octanol–water partition coefficient (Wildman–Crippen LogP) is 4.33. The molecule has 2 fully saturated rings. The van der Waals surface area contributed by atoms with Gasteiger partial charge in [-0.3, -0.25) is 14.5 Å². The van der Waals surface area contributed by atoms with Crippen LogP contribution in [0, 0.1) is 5.92 Å². The van der Waals surface area contributed by atoms with E-state index in [0.29, 0.717) is 53.4 Å². The number of benzene rings is 2. The van der Waals surface area contributed by atoms with Gasteiger partial charge < -0.3 is 23.7 Å². The lowest BCUT2D eigenvalue weighted by Gasteiger charge is -2.32. The third-order valence-electron chi connectivity index (χ3n) is 6.15. The van der Waals surface area contributed by atoms with Crippen molar-refractivity contribution in [1.82, 2.24) is 0 Å². The van der Waals surface area contributed by atoms with Crippen molar-refractivity contribution in [3.8, 4) is 17.1 Å². The summed E-state index contributed by atoms with van der Waals surface area (Å²) in [6.45, 7) is 1.13. The molecular formula is C25H22ClNO8. The van der Waals surface area contributed by atoms with Crippen LogP contribution in [-0.2, 0) is 14.3 Å². The van der Waals surface area contributed by atoms with Gasteiger partial charge in [-0.25, -0.2) is 4.79 Å². The van der Waals surface area contributed by atoms with Crippen LogP contribution in [0.4, 0.5) is 10.5 Å². The Morgan fingerprint density at radius 2 is 1.97 bits per heavy atom. The van der Waals surface area contributed by atoms with Gasteiger partial charge in [-0.2, -0.15) is 0 Å². The van der Waals surface area contributed by atoms with Crippen LogP contribution in [0.1, 0.15) is 12.8 Å². The van der Waals surface area contributed by atoms with E-state index < -0.39 is 12.1 Å². The Morgan fingerprint density at radius 3 is 2.71 bits per heavy atom. The molecule has 1 aliphatic heterocycles. The van der Waals surface area contributed by atoms with Gasteiger partial charge in [0, 0.05) is 12.1 Å². The fourth-order valence-corrected chi connectivity index (χ4v) is 4.39. The van der Waals surface area contributed by atoms with Crippen LogP contribution in [0.3, 0.4) is 0 Å². The lowest BCUT2D eigenvalue weighted by Crippen LogP contribution is -2.37. The maximum absolute atomic E-state index is 12.7. The molecule has 182 valence electrons. The summed E-state index contributed by atoms with van der Waals surface area (Å²) >= 11 is 6.26. The number of ether oxygens (including phenoxy) is 3. The number of carboxylic acids is 1. The van der Waals surface area contributed by atoms with Gasteiger partial charge in [-0.05, 0) is 37.1 Å². The number of hydrogen-bond acceptors (Lipinski definition) is 7. The number of para-hydroxylation sites is 1. The first-order chi connectivity index (χ1) is 16.9. The topological polar surface area (TPSA) is 116 Å². The van der Waals surface area contributed by atoms with E-state index in [1.807, 2.05) is 0 Å². The van der Waals surface area contributed by atoms with Crippen molar-refractivity contribution in [3.05, 3.63) is 57.7 Å². The zero-order valence-corrected chi connectivity index (χ0v) is 19.3. The molecule has 1 aromatic heterocycles. The second-order valence-electron chi connectivity index (χ2n) is 8.39. The minimum Gasteiger partial charge on any atom is -0.490 e. The van der Waals surface area contributed by atoms with Gasteiger partial charge in [-0.15, -0.1) is 0 Å². The molecule has 1 amide bonds. The lowest BCUT2D eigenvalue weighted by atomic mass is 9.82. The normalized spacial score (nSPS) is 19.5. The summed E-state index contributed by atoms with van der Waals surface area (Å²) in [5.41, 5.74) is 1.12. The quantitative estimate of drug-likeness (QED) is 0.455. The Bertz CT molecular complexity index is 1350. The highest BCUT2D eigenvalue weighted by molar-refractivity contribution is 6.34. The van der Waals surface area contributed by atoms with Crippen LogP contribution in [0.5, 0.6) is 5.75 Å². The third kappa shape index (κ3) is 4.69. The molecule has 2 heterocycles. The van der Waals surface area contributed by atoms with Crippen LogP contribution >= 0.6 is 11.6 Å². The molecule has 0 atom stereocenters. The molecule has 1 N–H and O–H groups in total. The van der Waals surface area contributed by atoms with Gasteiger partial charge in [0.1, 0.15) is 24.7 Å². The molecule has 0 spiro atoms. The summed E-state index contributed by atoms with van der Waals surface area (Å²) in [6, 6.07) is 11.5. The van der Waals surface area contributed by atoms with Crippen LogP contribution in [-0.4, -0.2) is 49.6 Å². The van der Waals surface area contributed by atoms with Crippen molar-refractivity contribution < 1.29 is 33.3 Å². The predicted molar refractivity (Wildman–Crippen MR) is 127 cm³/mol. The van der Waals surface area contributed by atoms with Crippen LogP contribution in [0.2, 0.25) is 5.02 Å². The van der Waals surface area contributed by atoms with E-state index in [0.717, 1.165) is 0 Å². The molecule has 1 saturated heterocycles. The highest BCUT2D eigenvalue weighted by atomic mass is 35.5. The van der Waals surface area contributed by atoms with Crippen LogP contribution < -0.4 is 15.1 Å². The Hall–Kier alpha value is -3.56. The Balaban J connectivity index is 1.40. The van der Waals surface area contributed by atoms with E-state index in [4.69, 9.17) is 35.3 Å². The van der Waals surface area contributed by atoms with E-state index in [-0.39, 0.29) is 42.0 Å². The van der Waals surface area contributed by atoms with Gasteiger partial charge in [-0.1, -0.05) is 17.7 Å². The second kappa shape index (κ2) is 9.59. The van der Waals surface area contributed by atoms with Crippen molar-refractivity contribution in [2.75, 3.05) is 31.3 Å². The smallest absolute Gasteiger partial charge is 0.414 e. The lowest BCUT2D eigenvalue weighted by molar-refractivity contribution is -0.151. The van der Waals surface area contributed by atoms with Crippen molar-refractivity contribution in [3.63, 3.8) is 0 Å². The van der Waals surface area contributed by atoms with Crippen molar-refractivity contribution in [1.29, 1.82) is 0 Å². The minimum atomic E-state index is -0.806. The Morgan fingerprint density at radius 1 is 1.14 bits per heavy atom. The molecule has 2 aromatic carbocycles. The fraction of sp³-hybridized carbons (Fsp3) is 0.320. The number of carbonyl (C=O) groups is 2. The number of nitrogens with zero attached hydrogens (tertiary/aromatic N) is 1. The summed E-state index contributed by atoms with van der Waals surface area (Å²) < 4.78 is 22.7. The summed E-state index contributed by atoms with van der Waals surface area (Å²) in [4.78, 5) is 37.2. The van der Waals surface area contributed by atoms with Crippen LogP contribution in [0.25, 0.3) is 22.3 Å². The zero-order chi connectivity index (χ0) is 24.5. The van der Waals surface area contributed by atoms with Crippen molar-refractivity contribution in [2.24, 2.45) is 5.92 Å². The molecule has 0 radical (unpaired) electrons. The van der Waals surface area contributed by atoms with Gasteiger partial charge >= 0.3 is 12.1 Å². The maximum Gasteiger partial charge on any atom is 0.414 e. The number of carbonyl (C=O) groups excluding carboxylic acids is 1. The standard InChI is InChI=1S/C25H22ClNO8/c26-19-3-1-2-17-20(28)13-22(35-23(17)19)18-5-4-15(27-6-7-34-25(27)31)12-21(18)33-9-8-32-16-10-14(11-16)24(29)30/h1-5,12-14,16H,6-11H2,(H,29,30). The molecule has 0 unspecified atom stereocenters. The average molecular weight is 500 g/mol. The molecule has 10 heteroatoms. The number of rotatable bonds is 8. The first-order valence-corrected chi connectivity index (χ1v) is 11.6. The van der Waals surface area contributed by atoms with Gasteiger partial charge in [0.05, 0.1) is 46.8 Å². The molecule has 9 nitrogen and oxygen atoms in total. The van der Waals surface area contributed by atoms with Crippen molar-refractivity contribution in [2.45, 2.75) is 18.9 Å². The number of fused-ring (bicyclic) bond motifs is 1. The van der Waals surface area contributed by atoms with E-state index >= 15 is 0 Å². The largest absolute Gasteiger partial charge is 0.490 e. The first-order valence-electron chi connectivity index (χ1n) is 11.2. The second-order valence-corrected chi connectivity index (χ2v) is 8.79. The third-order valence-corrected chi connectivity index (χ3v) is 6.45. The zero-order valence-electron chi connectivity index (χ0n) is 18.6. The Kier molecular flexibility index (Phi) is 6.36. The first kappa shape index (κ1) is 23.2. The SMILES string of the molecule is O=C(O)C1CC(OCCOc2cc(N3CCOC3=O)ccc2-c2cc(=O)c3cccc(Cl)c3o2)C1. The van der Waals surface area contributed by atoms with Crippen molar-refractivity contribution >= 4 is 40.3 Å². The van der Waals surface area contributed by atoms with E-state index in [1.165, 1.54) is 11.0 Å². The molecule has 1 saturated carbocycles. The number of cyclic esters (lactones) is 1. The monoisotopic (exact) mass is 499 g/mol. The summed E-state index contributed by atoms with van der Waals surface area (Å²) in [7, 11) is 0. The number of hydrogen-bond donors (Lipinski definition) is 1. The molecular weight excluding hydrogens is 478 g/mol. The fourth-order valence-electron chi connectivity index (χ4n) is 4.18. The highest BCUT2D eigenvalue weighted by Gasteiger charge is 2.35. The molecule has 2 aliphatic rings. The van der Waals surface area contributed by atoms with Gasteiger partial charge in [0.25, 0.3) is 0 Å². The average Bonchev–Trinajstić information content (AvgIpc) is 3.23. The van der Waals surface area contributed by atoms with E-state index in [1.54, 1.807) is 36.4 Å². The summed E-state index contributed by atoms with van der Waals surface area (Å²) in [6.07, 6.45) is 0.409. The molecule has 3 aromatic rings. The number of aliphatic carboxylic acids is 1. The van der Waals surface area contributed by atoms with Crippen LogP contribution in [0.15, 0.2) is 51.7 Å². The van der Waals surface area contributed by atoms with Gasteiger partial charge in [0.2, 0.25) is 0 Å². The molecule has 5 rings (SSSR count). The highest BCUT2D eigenvalue weighted by Crippen LogP contribution is 2.36. The van der Waals surface area contributed by atoms with E-state index in [9.17, 15) is 14.4 Å². The van der Waals surface area contributed by atoms with Gasteiger partial charge in [0.15, 0.2) is 11.0 Å². The number of amides is 1. The number of halogens is 1. The molecule has 0 bridgehead atoms. The Labute approximate surface area is 204 Å². The number of carboxylic acid groups (broad SMARTS) is 1. The summed E-state index contributed by atoms with van der Waals surface area (Å²) in [5, 5.41) is 9.67. The minimum absolute atomic E-state index is 0.106. The van der Waals surface area contributed by atoms with E-state index in [2.05, 4.69) is 0 Å². The molecule has 35 heavy (non-hydrogen) atoms. The molecule has 1 aliphatic carbocycles.